The summed E-state index contributed by atoms with van der Waals surface area (Å²) in [4.78, 5) is 0. The number of methoxy groups -OCH3 is 1. The minimum atomic E-state index is 0.640. The Morgan fingerprint density at radius 3 is 2.94 bits per heavy atom. The minimum absolute atomic E-state index is 0.640. The molecule has 1 aromatic rings. The van der Waals surface area contributed by atoms with Crippen molar-refractivity contribution in [3.8, 4) is 11.8 Å². The Labute approximate surface area is 96.4 Å². The highest BCUT2D eigenvalue weighted by atomic mass is 16.5. The van der Waals surface area contributed by atoms with Gasteiger partial charge in [-0.25, -0.2) is 0 Å². The molecule has 1 aromatic carbocycles. The van der Waals surface area contributed by atoms with Gasteiger partial charge in [0.1, 0.15) is 11.8 Å². The quantitative estimate of drug-likeness (QED) is 0.608. The number of nitrogens with zero attached hydrogens (tertiary/aromatic N) is 1. The predicted molar refractivity (Wildman–Crippen MR) is 65.6 cm³/mol. The van der Waals surface area contributed by atoms with Gasteiger partial charge in [-0.3, -0.25) is 0 Å². The van der Waals surface area contributed by atoms with Crippen LogP contribution in [0.1, 0.15) is 18.9 Å². The lowest BCUT2D eigenvalue weighted by Gasteiger charge is -2.08. The molecule has 0 saturated carbocycles. The summed E-state index contributed by atoms with van der Waals surface area (Å²) < 4.78 is 5.12. The molecular formula is C13H16N2O. The molecular weight excluding hydrogens is 200 g/mol. The maximum atomic E-state index is 8.94. The summed E-state index contributed by atoms with van der Waals surface area (Å²) in [6, 6.07) is 7.54. The molecule has 0 heterocycles. The Balaban J connectivity index is 2.72. The van der Waals surface area contributed by atoms with E-state index in [0.29, 0.717) is 5.56 Å². The van der Waals surface area contributed by atoms with Crippen LogP contribution in [0.25, 0.3) is 0 Å². The molecule has 0 aliphatic heterocycles. The third-order valence-electron chi connectivity index (χ3n) is 2.21. The van der Waals surface area contributed by atoms with Crippen molar-refractivity contribution < 1.29 is 4.74 Å². The summed E-state index contributed by atoms with van der Waals surface area (Å²) >= 11 is 0. The van der Waals surface area contributed by atoms with Crippen molar-refractivity contribution in [3.63, 3.8) is 0 Å². The van der Waals surface area contributed by atoms with Crippen LogP contribution in [-0.2, 0) is 0 Å². The first kappa shape index (κ1) is 12.1. The number of benzene rings is 1. The second kappa shape index (κ2) is 6.52. The van der Waals surface area contributed by atoms with Crippen molar-refractivity contribution in [3.05, 3.63) is 35.9 Å². The monoisotopic (exact) mass is 216 g/mol. The number of ether oxygens (including phenoxy) is 1. The maximum absolute atomic E-state index is 8.94. The van der Waals surface area contributed by atoms with Gasteiger partial charge in [-0.2, -0.15) is 5.26 Å². The van der Waals surface area contributed by atoms with Crippen LogP contribution in [0, 0.1) is 11.3 Å². The topological polar surface area (TPSA) is 45.0 Å². The molecule has 0 atom stereocenters. The van der Waals surface area contributed by atoms with E-state index >= 15 is 0 Å². The molecule has 84 valence electrons. The summed E-state index contributed by atoms with van der Waals surface area (Å²) in [6.07, 6.45) is 5.04. The summed E-state index contributed by atoms with van der Waals surface area (Å²) in [5, 5.41) is 12.2. The molecule has 0 bridgehead atoms. The molecule has 0 saturated heterocycles. The number of hydrogen-bond acceptors (Lipinski definition) is 3. The van der Waals surface area contributed by atoms with Crippen molar-refractivity contribution in [2.45, 2.75) is 13.3 Å². The number of allylic oxidation sites excluding steroid dienone is 1. The van der Waals surface area contributed by atoms with Crippen molar-refractivity contribution in [2.75, 3.05) is 19.0 Å². The Morgan fingerprint density at radius 1 is 1.50 bits per heavy atom. The lowest BCUT2D eigenvalue weighted by Crippen LogP contribution is -2.02. The van der Waals surface area contributed by atoms with Gasteiger partial charge in [-0.1, -0.05) is 12.2 Å². The zero-order chi connectivity index (χ0) is 11.8. The fourth-order valence-electron chi connectivity index (χ4n) is 1.35. The fourth-order valence-corrected chi connectivity index (χ4v) is 1.35. The van der Waals surface area contributed by atoms with E-state index in [4.69, 9.17) is 10.00 Å². The van der Waals surface area contributed by atoms with Gasteiger partial charge in [0.2, 0.25) is 0 Å². The van der Waals surface area contributed by atoms with Crippen LogP contribution < -0.4 is 10.1 Å². The van der Waals surface area contributed by atoms with Crippen LogP contribution in [0.4, 0.5) is 5.69 Å². The molecule has 3 heteroatoms. The molecule has 0 aliphatic carbocycles. The first-order valence-electron chi connectivity index (χ1n) is 5.25. The second-order valence-electron chi connectivity index (χ2n) is 3.31. The van der Waals surface area contributed by atoms with E-state index in [1.165, 1.54) is 0 Å². The van der Waals surface area contributed by atoms with Gasteiger partial charge in [0, 0.05) is 12.6 Å². The van der Waals surface area contributed by atoms with Gasteiger partial charge in [0.05, 0.1) is 18.4 Å². The smallest absolute Gasteiger partial charge is 0.121 e. The Kier molecular flexibility index (Phi) is 4.94. The summed E-state index contributed by atoms with van der Waals surface area (Å²) in [7, 11) is 1.62. The van der Waals surface area contributed by atoms with E-state index in [-0.39, 0.29) is 0 Å². The van der Waals surface area contributed by atoms with Crippen molar-refractivity contribution in [2.24, 2.45) is 0 Å². The number of rotatable bonds is 5. The minimum Gasteiger partial charge on any atom is -0.497 e. The standard InChI is InChI=1S/C13H16N2O/c1-3-4-5-8-15-13-9-12(16-2)7-6-11(13)10-14/h3-4,6-7,9,15H,5,8H2,1-2H3/b4-3+. The largest absolute Gasteiger partial charge is 0.497 e. The fraction of sp³-hybridized carbons (Fsp3) is 0.308. The number of nitriles is 1. The SMILES string of the molecule is C/C=C/CCNc1cc(OC)ccc1C#N. The van der Waals surface area contributed by atoms with Crippen molar-refractivity contribution in [1.82, 2.24) is 0 Å². The van der Waals surface area contributed by atoms with Crippen LogP contribution in [0.3, 0.4) is 0 Å². The molecule has 0 aliphatic rings. The second-order valence-corrected chi connectivity index (χ2v) is 3.31. The van der Waals surface area contributed by atoms with Crippen LogP contribution in [0.5, 0.6) is 5.75 Å². The summed E-state index contributed by atoms with van der Waals surface area (Å²) in [6.45, 7) is 2.80. The highest BCUT2D eigenvalue weighted by Crippen LogP contribution is 2.21. The maximum Gasteiger partial charge on any atom is 0.121 e. The van der Waals surface area contributed by atoms with Crippen LogP contribution >= 0.6 is 0 Å². The first-order valence-corrected chi connectivity index (χ1v) is 5.25. The Morgan fingerprint density at radius 2 is 2.31 bits per heavy atom. The average Bonchev–Trinajstić information content (AvgIpc) is 2.34. The van der Waals surface area contributed by atoms with E-state index in [0.717, 1.165) is 24.4 Å². The van der Waals surface area contributed by atoms with E-state index in [1.54, 1.807) is 19.2 Å². The summed E-state index contributed by atoms with van der Waals surface area (Å²) in [5.41, 5.74) is 1.47. The molecule has 0 amide bonds. The summed E-state index contributed by atoms with van der Waals surface area (Å²) in [5.74, 6) is 0.757. The van der Waals surface area contributed by atoms with Gasteiger partial charge in [-0.15, -0.1) is 0 Å². The molecule has 0 radical (unpaired) electrons. The van der Waals surface area contributed by atoms with Gasteiger partial charge in [-0.05, 0) is 25.5 Å². The molecule has 3 nitrogen and oxygen atoms in total. The third-order valence-corrected chi connectivity index (χ3v) is 2.21. The van der Waals surface area contributed by atoms with Gasteiger partial charge in [0.25, 0.3) is 0 Å². The first-order chi connectivity index (χ1) is 7.81. The lowest BCUT2D eigenvalue weighted by atomic mass is 10.2. The Bertz CT molecular complexity index is 405. The highest BCUT2D eigenvalue weighted by molar-refractivity contribution is 5.60. The zero-order valence-corrected chi connectivity index (χ0v) is 9.66. The number of anilines is 1. The van der Waals surface area contributed by atoms with E-state index < -0.39 is 0 Å². The molecule has 1 rings (SSSR count). The van der Waals surface area contributed by atoms with Crippen LogP contribution in [0.2, 0.25) is 0 Å². The van der Waals surface area contributed by atoms with Gasteiger partial charge >= 0.3 is 0 Å². The molecule has 0 aromatic heterocycles. The van der Waals surface area contributed by atoms with Crippen molar-refractivity contribution >= 4 is 5.69 Å². The zero-order valence-electron chi connectivity index (χ0n) is 9.66. The highest BCUT2D eigenvalue weighted by Gasteiger charge is 2.02. The van der Waals surface area contributed by atoms with E-state index in [2.05, 4.69) is 17.5 Å². The van der Waals surface area contributed by atoms with Crippen LogP contribution in [0.15, 0.2) is 30.4 Å². The van der Waals surface area contributed by atoms with E-state index in [9.17, 15) is 0 Å². The lowest BCUT2D eigenvalue weighted by molar-refractivity contribution is 0.415. The van der Waals surface area contributed by atoms with Gasteiger partial charge in [0.15, 0.2) is 0 Å². The average molecular weight is 216 g/mol. The molecule has 0 fully saturated rings. The number of nitrogens with one attached hydrogen (secondary N) is 1. The normalized spacial score (nSPS) is 10.1. The van der Waals surface area contributed by atoms with E-state index in [1.807, 2.05) is 19.1 Å². The number of hydrogen-bond donors (Lipinski definition) is 1. The van der Waals surface area contributed by atoms with Crippen LogP contribution in [-0.4, -0.2) is 13.7 Å². The molecule has 0 spiro atoms. The molecule has 16 heavy (non-hydrogen) atoms. The van der Waals surface area contributed by atoms with Gasteiger partial charge < -0.3 is 10.1 Å². The molecule has 0 unspecified atom stereocenters. The Hall–Kier alpha value is -1.95. The van der Waals surface area contributed by atoms with Crippen molar-refractivity contribution in [1.29, 1.82) is 5.26 Å². The predicted octanol–water partition coefficient (Wildman–Crippen LogP) is 2.94. The molecule has 1 N–H and O–H groups in total. The third kappa shape index (κ3) is 3.32.